The second kappa shape index (κ2) is 7.56. The van der Waals surface area contributed by atoms with E-state index in [4.69, 9.17) is 23.8 Å². The van der Waals surface area contributed by atoms with Gasteiger partial charge in [0.15, 0.2) is 17.6 Å². The van der Waals surface area contributed by atoms with Crippen LogP contribution in [0.3, 0.4) is 0 Å². The van der Waals surface area contributed by atoms with E-state index in [0.717, 1.165) is 28.2 Å². The van der Waals surface area contributed by atoms with Gasteiger partial charge in [-0.05, 0) is 48.4 Å². The van der Waals surface area contributed by atoms with E-state index in [-0.39, 0.29) is 6.10 Å². The van der Waals surface area contributed by atoms with Gasteiger partial charge in [0.25, 0.3) is 0 Å². The zero-order chi connectivity index (χ0) is 18.7. The molecule has 0 aliphatic carbocycles. The Morgan fingerprint density at radius 3 is 2.08 bits per heavy atom. The van der Waals surface area contributed by atoms with Crippen LogP contribution in [0.5, 0.6) is 23.0 Å². The van der Waals surface area contributed by atoms with Crippen LogP contribution >= 0.6 is 0 Å². The Balaban J connectivity index is 1.85. The highest BCUT2D eigenvalue weighted by Gasteiger charge is 2.27. The number of methoxy groups -OCH3 is 4. The number of oxime groups is 1. The zero-order valence-corrected chi connectivity index (χ0v) is 15.7. The van der Waals surface area contributed by atoms with E-state index in [2.05, 4.69) is 11.2 Å². The van der Waals surface area contributed by atoms with Gasteiger partial charge in [-0.3, -0.25) is 0 Å². The highest BCUT2D eigenvalue weighted by Crippen LogP contribution is 2.42. The summed E-state index contributed by atoms with van der Waals surface area (Å²) < 4.78 is 21.5. The van der Waals surface area contributed by atoms with Crippen LogP contribution in [0, 0.1) is 6.92 Å². The summed E-state index contributed by atoms with van der Waals surface area (Å²) in [7, 11) is 6.44. The van der Waals surface area contributed by atoms with Gasteiger partial charge >= 0.3 is 0 Å². The van der Waals surface area contributed by atoms with Crippen LogP contribution in [0.1, 0.15) is 29.2 Å². The number of hydrogen-bond donors (Lipinski definition) is 0. The lowest BCUT2D eigenvalue weighted by Gasteiger charge is -2.16. The highest BCUT2D eigenvalue weighted by molar-refractivity contribution is 6.01. The molecule has 0 N–H and O–H groups in total. The molecule has 6 heteroatoms. The lowest BCUT2D eigenvalue weighted by atomic mass is 9.98. The molecule has 1 aliphatic heterocycles. The lowest BCUT2D eigenvalue weighted by molar-refractivity contribution is 0.0853. The molecule has 0 radical (unpaired) electrons. The second-order valence-electron chi connectivity index (χ2n) is 5.98. The van der Waals surface area contributed by atoms with E-state index in [9.17, 15) is 0 Å². The summed E-state index contributed by atoms with van der Waals surface area (Å²) in [5, 5.41) is 4.28. The van der Waals surface area contributed by atoms with Crippen LogP contribution in [0.25, 0.3) is 0 Å². The van der Waals surface area contributed by atoms with Gasteiger partial charge < -0.3 is 23.8 Å². The minimum absolute atomic E-state index is 0.207. The quantitative estimate of drug-likeness (QED) is 0.785. The third-order valence-electron chi connectivity index (χ3n) is 4.46. The van der Waals surface area contributed by atoms with Crippen molar-refractivity contribution in [2.75, 3.05) is 28.4 Å². The Kier molecular flexibility index (Phi) is 5.21. The first-order chi connectivity index (χ1) is 12.6. The standard InChI is InChI=1S/C20H23NO5/c1-12-8-13(6-7-16(12)22-2)15-11-17(26-21-15)14-9-18(23-3)20(25-5)19(10-14)24-4/h6-10,17H,11H2,1-5H3. The lowest BCUT2D eigenvalue weighted by Crippen LogP contribution is -2.04. The minimum atomic E-state index is -0.207. The molecule has 1 aliphatic rings. The summed E-state index contributed by atoms with van der Waals surface area (Å²) in [6.45, 7) is 2.01. The summed E-state index contributed by atoms with van der Waals surface area (Å²) in [5.74, 6) is 2.61. The molecular formula is C20H23NO5. The second-order valence-corrected chi connectivity index (χ2v) is 5.98. The van der Waals surface area contributed by atoms with E-state index in [1.165, 1.54) is 0 Å². The largest absolute Gasteiger partial charge is 0.496 e. The molecule has 6 nitrogen and oxygen atoms in total. The van der Waals surface area contributed by atoms with Gasteiger partial charge in [0.05, 0.1) is 34.2 Å². The Hall–Kier alpha value is -2.89. The van der Waals surface area contributed by atoms with E-state index >= 15 is 0 Å². The van der Waals surface area contributed by atoms with Crippen LogP contribution in [0.15, 0.2) is 35.5 Å². The van der Waals surface area contributed by atoms with Crippen LogP contribution in [-0.2, 0) is 4.84 Å². The Bertz CT molecular complexity index is 806. The molecule has 138 valence electrons. The van der Waals surface area contributed by atoms with Gasteiger partial charge in [-0.25, -0.2) is 0 Å². The minimum Gasteiger partial charge on any atom is -0.496 e. The normalized spacial score (nSPS) is 15.9. The number of hydrogen-bond acceptors (Lipinski definition) is 6. The first kappa shape index (κ1) is 17.9. The molecule has 0 fully saturated rings. The van der Waals surface area contributed by atoms with Crippen LogP contribution in [0.4, 0.5) is 0 Å². The van der Waals surface area contributed by atoms with E-state index < -0.39 is 0 Å². The fraction of sp³-hybridized carbons (Fsp3) is 0.350. The summed E-state index contributed by atoms with van der Waals surface area (Å²) in [6, 6.07) is 9.78. The monoisotopic (exact) mass is 357 g/mol. The van der Waals surface area contributed by atoms with Crippen molar-refractivity contribution in [3.63, 3.8) is 0 Å². The van der Waals surface area contributed by atoms with Crippen molar-refractivity contribution in [3.8, 4) is 23.0 Å². The van der Waals surface area contributed by atoms with Gasteiger partial charge in [-0.2, -0.15) is 0 Å². The van der Waals surface area contributed by atoms with Gasteiger partial charge in [0.2, 0.25) is 5.75 Å². The molecule has 0 aromatic heterocycles. The Morgan fingerprint density at radius 1 is 0.885 bits per heavy atom. The number of benzene rings is 2. The molecule has 0 spiro atoms. The van der Waals surface area contributed by atoms with Crippen molar-refractivity contribution in [2.24, 2.45) is 5.16 Å². The number of aryl methyl sites for hydroxylation is 1. The van der Waals surface area contributed by atoms with Gasteiger partial charge in [0.1, 0.15) is 5.75 Å². The molecule has 2 aromatic rings. The predicted octanol–water partition coefficient (Wildman–Crippen LogP) is 3.90. The first-order valence-corrected chi connectivity index (χ1v) is 8.28. The molecule has 26 heavy (non-hydrogen) atoms. The topological polar surface area (TPSA) is 58.5 Å². The first-order valence-electron chi connectivity index (χ1n) is 8.28. The van der Waals surface area contributed by atoms with Crippen molar-refractivity contribution in [3.05, 3.63) is 47.0 Å². The average molecular weight is 357 g/mol. The molecule has 0 bridgehead atoms. The molecule has 2 aromatic carbocycles. The summed E-state index contributed by atoms with van der Waals surface area (Å²) in [4.78, 5) is 5.68. The molecule has 3 rings (SSSR count). The molecule has 1 heterocycles. The van der Waals surface area contributed by atoms with E-state index in [0.29, 0.717) is 23.7 Å². The predicted molar refractivity (Wildman–Crippen MR) is 98.8 cm³/mol. The number of ether oxygens (including phenoxy) is 4. The summed E-state index contributed by atoms with van der Waals surface area (Å²) in [6.07, 6.45) is 0.450. The molecule has 1 atom stereocenters. The maximum absolute atomic E-state index is 5.68. The summed E-state index contributed by atoms with van der Waals surface area (Å²) in [5.41, 5.74) is 3.90. The van der Waals surface area contributed by atoms with Gasteiger partial charge in [-0.1, -0.05) is 5.16 Å². The Morgan fingerprint density at radius 2 is 1.54 bits per heavy atom. The van der Waals surface area contributed by atoms with Crippen LogP contribution in [0.2, 0.25) is 0 Å². The van der Waals surface area contributed by atoms with E-state index in [1.807, 2.05) is 31.2 Å². The average Bonchev–Trinajstić information content (AvgIpc) is 3.16. The van der Waals surface area contributed by atoms with Crippen LogP contribution < -0.4 is 18.9 Å². The third kappa shape index (κ3) is 3.27. The molecule has 0 amide bonds. The van der Waals surface area contributed by atoms with Crippen molar-refractivity contribution in [1.29, 1.82) is 0 Å². The molecule has 1 unspecified atom stereocenters. The van der Waals surface area contributed by atoms with Crippen molar-refractivity contribution < 1.29 is 23.8 Å². The summed E-state index contributed by atoms with van der Waals surface area (Å²) >= 11 is 0. The molecular weight excluding hydrogens is 334 g/mol. The molecule has 0 saturated heterocycles. The van der Waals surface area contributed by atoms with Crippen molar-refractivity contribution in [1.82, 2.24) is 0 Å². The SMILES string of the molecule is COc1ccc(C2=NOC(c3cc(OC)c(OC)c(OC)c3)C2)cc1C. The third-order valence-corrected chi connectivity index (χ3v) is 4.46. The fourth-order valence-electron chi connectivity index (χ4n) is 3.07. The maximum Gasteiger partial charge on any atom is 0.203 e. The zero-order valence-electron chi connectivity index (χ0n) is 15.7. The van der Waals surface area contributed by atoms with Crippen molar-refractivity contribution >= 4 is 5.71 Å². The van der Waals surface area contributed by atoms with Crippen molar-refractivity contribution in [2.45, 2.75) is 19.4 Å². The van der Waals surface area contributed by atoms with Crippen LogP contribution in [-0.4, -0.2) is 34.2 Å². The molecule has 0 saturated carbocycles. The van der Waals surface area contributed by atoms with Gasteiger partial charge in [-0.15, -0.1) is 0 Å². The Labute approximate surface area is 153 Å². The highest BCUT2D eigenvalue weighted by atomic mass is 16.6. The van der Waals surface area contributed by atoms with E-state index in [1.54, 1.807) is 28.4 Å². The van der Waals surface area contributed by atoms with Gasteiger partial charge in [0, 0.05) is 12.0 Å². The maximum atomic E-state index is 5.68. The fourth-order valence-corrected chi connectivity index (χ4v) is 3.07. The number of rotatable bonds is 6. The number of nitrogens with zero attached hydrogens (tertiary/aromatic N) is 1. The smallest absolute Gasteiger partial charge is 0.203 e.